The van der Waals surface area contributed by atoms with E-state index in [9.17, 15) is 9.90 Å². The first-order valence-corrected chi connectivity index (χ1v) is 6.91. The average molecular weight is 296 g/mol. The molecule has 0 radical (unpaired) electrons. The lowest BCUT2D eigenvalue weighted by Crippen LogP contribution is -1.97. The molecule has 112 valence electrons. The van der Waals surface area contributed by atoms with Crippen LogP contribution >= 0.6 is 0 Å². The van der Waals surface area contributed by atoms with Gasteiger partial charge in [0, 0.05) is 17.6 Å². The van der Waals surface area contributed by atoms with Gasteiger partial charge in [0.2, 0.25) is 0 Å². The van der Waals surface area contributed by atoms with Crippen molar-refractivity contribution in [2.24, 2.45) is 0 Å². The number of carbonyl (C=O) groups is 1. The Morgan fingerprint density at radius 3 is 2.50 bits per heavy atom. The lowest BCUT2D eigenvalue weighted by Gasteiger charge is -2.08. The van der Waals surface area contributed by atoms with Gasteiger partial charge >= 0.3 is 0 Å². The molecule has 2 aromatic rings. The van der Waals surface area contributed by atoms with Gasteiger partial charge in [0.25, 0.3) is 0 Å². The molecule has 0 fully saturated rings. The van der Waals surface area contributed by atoms with Gasteiger partial charge in [-0.05, 0) is 41.5 Å². The van der Waals surface area contributed by atoms with Crippen molar-refractivity contribution in [1.82, 2.24) is 0 Å². The Morgan fingerprint density at radius 2 is 1.82 bits per heavy atom. The number of allylic oxidation sites excluding steroid dienone is 1. The molecule has 0 atom stereocenters. The fourth-order valence-electron chi connectivity index (χ4n) is 2.67. The minimum absolute atomic E-state index is 0.0145. The van der Waals surface area contributed by atoms with Crippen molar-refractivity contribution in [2.75, 3.05) is 14.2 Å². The van der Waals surface area contributed by atoms with E-state index in [0.717, 1.165) is 11.1 Å². The van der Waals surface area contributed by atoms with Crippen LogP contribution in [0.5, 0.6) is 17.2 Å². The van der Waals surface area contributed by atoms with Crippen molar-refractivity contribution < 1.29 is 19.4 Å². The molecule has 22 heavy (non-hydrogen) atoms. The van der Waals surface area contributed by atoms with Crippen LogP contribution in [0.1, 0.15) is 21.5 Å². The van der Waals surface area contributed by atoms with Crippen molar-refractivity contribution in [1.29, 1.82) is 0 Å². The molecule has 2 aromatic carbocycles. The van der Waals surface area contributed by atoms with Crippen molar-refractivity contribution >= 4 is 11.9 Å². The fourth-order valence-corrected chi connectivity index (χ4v) is 2.67. The Labute approximate surface area is 128 Å². The quantitative estimate of drug-likeness (QED) is 0.884. The van der Waals surface area contributed by atoms with E-state index in [1.165, 1.54) is 0 Å². The van der Waals surface area contributed by atoms with E-state index in [-0.39, 0.29) is 11.5 Å². The van der Waals surface area contributed by atoms with E-state index in [0.29, 0.717) is 29.1 Å². The minimum Gasteiger partial charge on any atom is -0.508 e. The number of phenols is 1. The maximum atomic E-state index is 12.5. The van der Waals surface area contributed by atoms with Crippen LogP contribution in [0.2, 0.25) is 0 Å². The van der Waals surface area contributed by atoms with Crippen molar-refractivity contribution in [2.45, 2.75) is 6.42 Å². The molecule has 0 bridgehead atoms. The smallest absolute Gasteiger partial charge is 0.189 e. The second kappa shape index (κ2) is 5.56. The van der Waals surface area contributed by atoms with Crippen LogP contribution in [0.15, 0.2) is 42.0 Å². The summed E-state index contributed by atoms with van der Waals surface area (Å²) >= 11 is 0. The van der Waals surface area contributed by atoms with Crippen molar-refractivity contribution in [3.8, 4) is 17.2 Å². The second-order valence-corrected chi connectivity index (χ2v) is 5.13. The van der Waals surface area contributed by atoms with Crippen molar-refractivity contribution in [3.05, 3.63) is 58.7 Å². The largest absolute Gasteiger partial charge is 0.508 e. The average Bonchev–Trinajstić information content (AvgIpc) is 2.81. The first kappa shape index (κ1) is 14.2. The number of ether oxygens (including phenoxy) is 2. The number of rotatable bonds is 3. The Balaban J connectivity index is 2.00. The number of aromatic hydroxyl groups is 1. The Bertz CT molecular complexity index is 775. The number of fused-ring (bicyclic) bond motifs is 1. The molecule has 0 saturated carbocycles. The molecular formula is C18H16O4. The molecule has 1 N–H and O–H groups in total. The SMILES string of the molecule is COc1cc2c(cc1OC)C(=O)/C(=C\c1cccc(O)c1)C2. The van der Waals surface area contributed by atoms with Gasteiger partial charge in [-0.15, -0.1) is 0 Å². The number of Topliss-reactive ketones (excluding diaryl/α,β-unsaturated/α-hetero) is 1. The normalized spacial score (nSPS) is 15.0. The topological polar surface area (TPSA) is 55.8 Å². The van der Waals surface area contributed by atoms with Crippen LogP contribution in [0.25, 0.3) is 6.08 Å². The zero-order chi connectivity index (χ0) is 15.7. The molecule has 4 nitrogen and oxygen atoms in total. The highest BCUT2D eigenvalue weighted by Gasteiger charge is 2.27. The number of carbonyl (C=O) groups excluding carboxylic acids is 1. The Morgan fingerprint density at radius 1 is 1.09 bits per heavy atom. The molecule has 1 aliphatic carbocycles. The Kier molecular flexibility index (Phi) is 3.59. The van der Waals surface area contributed by atoms with Gasteiger partial charge in [-0.25, -0.2) is 0 Å². The zero-order valence-electron chi connectivity index (χ0n) is 12.4. The van der Waals surface area contributed by atoms with Gasteiger partial charge in [0.15, 0.2) is 17.3 Å². The highest BCUT2D eigenvalue weighted by Crippen LogP contribution is 2.37. The standard InChI is InChI=1S/C18H16O4/c1-21-16-9-12-8-13(6-11-4-3-5-14(19)7-11)18(20)15(12)10-17(16)22-2/h3-7,9-10,19H,8H2,1-2H3/b13-6-. The van der Waals surface area contributed by atoms with Gasteiger partial charge in [0.05, 0.1) is 14.2 Å². The molecule has 4 heteroatoms. The summed E-state index contributed by atoms with van der Waals surface area (Å²) in [6, 6.07) is 10.4. The second-order valence-electron chi connectivity index (χ2n) is 5.13. The third-order valence-electron chi connectivity index (χ3n) is 3.74. The summed E-state index contributed by atoms with van der Waals surface area (Å²) in [4.78, 5) is 12.5. The van der Waals surface area contributed by atoms with E-state index in [4.69, 9.17) is 9.47 Å². The number of phenolic OH excluding ortho intramolecular Hbond substituents is 1. The fraction of sp³-hybridized carbons (Fsp3) is 0.167. The Hall–Kier alpha value is -2.75. The molecule has 0 saturated heterocycles. The number of hydrogen-bond acceptors (Lipinski definition) is 4. The molecule has 1 aliphatic rings. The summed E-state index contributed by atoms with van der Waals surface area (Å²) in [7, 11) is 3.12. The van der Waals surface area contributed by atoms with Gasteiger partial charge in [-0.3, -0.25) is 4.79 Å². The summed E-state index contributed by atoms with van der Waals surface area (Å²) in [5.41, 5.74) is 3.06. The highest BCUT2D eigenvalue weighted by molar-refractivity contribution is 6.15. The molecule has 0 aliphatic heterocycles. The van der Waals surface area contributed by atoms with Crippen LogP contribution in [-0.4, -0.2) is 25.1 Å². The van der Waals surface area contributed by atoms with E-state index in [2.05, 4.69) is 0 Å². The van der Waals surface area contributed by atoms with Crippen LogP contribution in [0, 0.1) is 0 Å². The van der Waals surface area contributed by atoms with Crippen LogP contribution in [0.3, 0.4) is 0 Å². The molecular weight excluding hydrogens is 280 g/mol. The summed E-state index contributed by atoms with van der Waals surface area (Å²) in [5.74, 6) is 1.33. The molecule has 0 amide bonds. The number of benzene rings is 2. The lowest BCUT2D eigenvalue weighted by atomic mass is 10.1. The first-order chi connectivity index (χ1) is 10.6. The molecule has 3 rings (SSSR count). The van der Waals surface area contributed by atoms with E-state index in [1.54, 1.807) is 44.6 Å². The van der Waals surface area contributed by atoms with Crippen LogP contribution in [0.4, 0.5) is 0 Å². The predicted molar refractivity (Wildman–Crippen MR) is 83.7 cm³/mol. The maximum absolute atomic E-state index is 12.5. The summed E-state index contributed by atoms with van der Waals surface area (Å²) < 4.78 is 10.5. The van der Waals surface area contributed by atoms with Gasteiger partial charge in [-0.2, -0.15) is 0 Å². The maximum Gasteiger partial charge on any atom is 0.189 e. The van der Waals surface area contributed by atoms with E-state index in [1.807, 2.05) is 12.1 Å². The monoisotopic (exact) mass is 296 g/mol. The van der Waals surface area contributed by atoms with Crippen LogP contribution in [-0.2, 0) is 6.42 Å². The summed E-state index contributed by atoms with van der Waals surface area (Å²) in [6.07, 6.45) is 2.35. The van der Waals surface area contributed by atoms with Crippen LogP contribution < -0.4 is 9.47 Å². The number of ketones is 1. The predicted octanol–water partition coefficient (Wildman–Crippen LogP) is 3.23. The summed E-state index contributed by atoms with van der Waals surface area (Å²) in [6.45, 7) is 0. The number of hydrogen-bond donors (Lipinski definition) is 1. The third kappa shape index (κ3) is 2.44. The van der Waals surface area contributed by atoms with E-state index < -0.39 is 0 Å². The van der Waals surface area contributed by atoms with Crippen molar-refractivity contribution in [3.63, 3.8) is 0 Å². The van der Waals surface area contributed by atoms with Gasteiger partial charge < -0.3 is 14.6 Å². The lowest BCUT2D eigenvalue weighted by molar-refractivity contribution is 0.104. The molecule has 0 unspecified atom stereocenters. The highest BCUT2D eigenvalue weighted by atomic mass is 16.5. The van der Waals surface area contributed by atoms with E-state index >= 15 is 0 Å². The van der Waals surface area contributed by atoms with Gasteiger partial charge in [-0.1, -0.05) is 12.1 Å². The molecule has 0 spiro atoms. The zero-order valence-corrected chi connectivity index (χ0v) is 12.4. The first-order valence-electron chi connectivity index (χ1n) is 6.91. The van der Waals surface area contributed by atoms with Gasteiger partial charge in [0.1, 0.15) is 5.75 Å². The molecule has 0 aromatic heterocycles. The number of methoxy groups -OCH3 is 2. The minimum atomic E-state index is -0.0145. The summed E-state index contributed by atoms with van der Waals surface area (Å²) in [5, 5.41) is 9.52. The molecule has 0 heterocycles. The third-order valence-corrected chi connectivity index (χ3v) is 3.74.